The van der Waals surface area contributed by atoms with Crippen molar-refractivity contribution >= 4 is 0 Å². The smallest absolute Gasteiger partial charge is 0.0106 e. The molecule has 1 aromatic carbocycles. The van der Waals surface area contributed by atoms with Gasteiger partial charge >= 0.3 is 0 Å². The van der Waals surface area contributed by atoms with Gasteiger partial charge in [0.15, 0.2) is 0 Å². The third kappa shape index (κ3) is 5.87. The average Bonchev–Trinajstić information content (AvgIpc) is 2.54. The van der Waals surface area contributed by atoms with Crippen LogP contribution in [0.2, 0.25) is 0 Å². The van der Waals surface area contributed by atoms with Crippen LogP contribution in [0.1, 0.15) is 32.3 Å². The molecule has 3 nitrogen and oxygen atoms in total. The summed E-state index contributed by atoms with van der Waals surface area (Å²) in [7, 11) is 6.62. The average molecular weight is 332 g/mol. The molecule has 0 amide bonds. The van der Waals surface area contributed by atoms with Crippen LogP contribution < -0.4 is 0 Å². The number of likely N-dealkylation sites (tertiary alicyclic amines) is 1. The molecular weight excluding hydrogens is 294 g/mol. The van der Waals surface area contributed by atoms with Crippen LogP contribution in [0.5, 0.6) is 0 Å². The molecule has 0 saturated carbocycles. The topological polar surface area (TPSA) is 9.72 Å². The Labute approximate surface area is 149 Å². The first-order valence-electron chi connectivity index (χ1n) is 9.51. The quantitative estimate of drug-likeness (QED) is 0.724. The van der Waals surface area contributed by atoms with Gasteiger partial charge in [0.1, 0.15) is 0 Å². The summed E-state index contributed by atoms with van der Waals surface area (Å²) in [6, 6.07) is 11.8. The molecule has 2 rings (SSSR count). The first-order chi connectivity index (χ1) is 11.4. The molecule has 1 aliphatic rings. The minimum atomic E-state index is 0.424. The van der Waals surface area contributed by atoms with E-state index in [9.17, 15) is 0 Å². The highest BCUT2D eigenvalue weighted by atomic mass is 15.2. The fraction of sp³-hybridized carbons (Fsp3) is 0.714. The van der Waals surface area contributed by atoms with Crippen molar-refractivity contribution in [2.75, 3.05) is 53.9 Å². The Hall–Kier alpha value is -0.900. The Balaban J connectivity index is 2.04. The molecular formula is C21H37N3. The highest BCUT2D eigenvalue weighted by Gasteiger charge is 2.36. The molecule has 0 radical (unpaired) electrons. The van der Waals surface area contributed by atoms with Gasteiger partial charge in [-0.2, -0.15) is 0 Å². The molecule has 0 atom stereocenters. The molecule has 1 aliphatic heterocycles. The minimum Gasteiger partial charge on any atom is -0.308 e. The number of hydrogen-bond donors (Lipinski definition) is 0. The van der Waals surface area contributed by atoms with Gasteiger partial charge in [-0.1, -0.05) is 30.3 Å². The molecule has 1 heterocycles. The van der Waals surface area contributed by atoms with Crippen LogP contribution in [0.25, 0.3) is 0 Å². The Bertz CT molecular complexity index is 461. The van der Waals surface area contributed by atoms with Crippen LogP contribution in [0, 0.1) is 5.41 Å². The van der Waals surface area contributed by atoms with Crippen LogP contribution in [-0.2, 0) is 6.42 Å². The zero-order valence-electron chi connectivity index (χ0n) is 16.5. The van der Waals surface area contributed by atoms with Crippen molar-refractivity contribution in [1.82, 2.24) is 14.7 Å². The molecule has 1 fully saturated rings. The summed E-state index contributed by atoms with van der Waals surface area (Å²) in [5.74, 6) is 0. The fourth-order valence-corrected chi connectivity index (χ4v) is 3.96. The Morgan fingerprint density at radius 2 is 1.62 bits per heavy atom. The molecule has 0 unspecified atom stereocenters. The van der Waals surface area contributed by atoms with Crippen LogP contribution in [-0.4, -0.2) is 74.6 Å². The molecule has 0 N–H and O–H groups in total. The molecule has 3 heteroatoms. The summed E-state index contributed by atoms with van der Waals surface area (Å²) in [5, 5.41) is 0. The van der Waals surface area contributed by atoms with Gasteiger partial charge in [-0.15, -0.1) is 0 Å². The van der Waals surface area contributed by atoms with Gasteiger partial charge in [-0.25, -0.2) is 0 Å². The summed E-state index contributed by atoms with van der Waals surface area (Å²) in [6.45, 7) is 10.6. The highest BCUT2D eigenvalue weighted by Crippen LogP contribution is 2.36. The molecule has 0 spiro atoms. The van der Waals surface area contributed by atoms with E-state index >= 15 is 0 Å². The summed E-state index contributed by atoms with van der Waals surface area (Å²) in [4.78, 5) is 7.47. The molecule has 136 valence electrons. The third-order valence-electron chi connectivity index (χ3n) is 5.55. The van der Waals surface area contributed by atoms with Gasteiger partial charge in [-0.3, -0.25) is 0 Å². The summed E-state index contributed by atoms with van der Waals surface area (Å²) < 4.78 is 0. The normalized spacial score (nSPS) is 18.7. The van der Waals surface area contributed by atoms with E-state index in [0.29, 0.717) is 11.5 Å². The van der Waals surface area contributed by atoms with Gasteiger partial charge in [-0.05, 0) is 78.3 Å². The lowest BCUT2D eigenvalue weighted by atomic mass is 9.73. The Kier molecular flexibility index (Phi) is 7.27. The second-order valence-corrected chi connectivity index (χ2v) is 8.33. The summed E-state index contributed by atoms with van der Waals surface area (Å²) >= 11 is 0. The lowest BCUT2D eigenvalue weighted by molar-refractivity contribution is 0.0538. The largest absolute Gasteiger partial charge is 0.308 e. The summed E-state index contributed by atoms with van der Waals surface area (Å²) in [6.07, 6.45) is 3.84. The fourth-order valence-electron chi connectivity index (χ4n) is 3.96. The van der Waals surface area contributed by atoms with Gasteiger partial charge < -0.3 is 14.7 Å². The highest BCUT2D eigenvalue weighted by molar-refractivity contribution is 5.17. The van der Waals surface area contributed by atoms with E-state index in [1.165, 1.54) is 44.5 Å². The molecule has 0 aromatic heterocycles. The molecule has 0 bridgehead atoms. The van der Waals surface area contributed by atoms with E-state index < -0.39 is 0 Å². The first-order valence-corrected chi connectivity index (χ1v) is 9.51. The zero-order chi connectivity index (χ0) is 17.6. The monoisotopic (exact) mass is 331 g/mol. The third-order valence-corrected chi connectivity index (χ3v) is 5.55. The Morgan fingerprint density at radius 3 is 2.17 bits per heavy atom. The van der Waals surface area contributed by atoms with Crippen LogP contribution >= 0.6 is 0 Å². The van der Waals surface area contributed by atoms with Gasteiger partial charge in [0, 0.05) is 25.7 Å². The van der Waals surface area contributed by atoms with Crippen molar-refractivity contribution in [2.45, 2.75) is 39.2 Å². The van der Waals surface area contributed by atoms with Crippen LogP contribution in [0.3, 0.4) is 0 Å². The number of hydrogen-bond acceptors (Lipinski definition) is 3. The van der Waals surface area contributed by atoms with E-state index in [0.717, 1.165) is 13.1 Å². The number of nitrogens with zero attached hydrogens (tertiary/aromatic N) is 3. The molecule has 1 saturated heterocycles. The predicted octanol–water partition coefficient (Wildman–Crippen LogP) is 3.21. The standard InChI is InChI=1S/C21H37N3/c1-19(2)24-13-11-21(12-14-24,17-20-9-7-6-8-10-20)18-23(5)16-15-22(3)4/h6-10,19H,11-18H2,1-5H3. The predicted molar refractivity (Wildman–Crippen MR) is 105 cm³/mol. The van der Waals surface area contributed by atoms with Crippen LogP contribution in [0.4, 0.5) is 0 Å². The number of piperidine rings is 1. The van der Waals surface area contributed by atoms with Crippen molar-refractivity contribution in [2.24, 2.45) is 5.41 Å². The maximum atomic E-state index is 2.64. The number of likely N-dealkylation sites (N-methyl/N-ethyl adjacent to an activating group) is 2. The van der Waals surface area contributed by atoms with E-state index in [1.807, 2.05) is 0 Å². The van der Waals surface area contributed by atoms with Crippen molar-refractivity contribution in [3.63, 3.8) is 0 Å². The van der Waals surface area contributed by atoms with Gasteiger partial charge in [0.05, 0.1) is 0 Å². The second-order valence-electron chi connectivity index (χ2n) is 8.33. The van der Waals surface area contributed by atoms with Gasteiger partial charge in [0.2, 0.25) is 0 Å². The van der Waals surface area contributed by atoms with E-state index in [-0.39, 0.29) is 0 Å². The van der Waals surface area contributed by atoms with Crippen molar-refractivity contribution in [3.05, 3.63) is 35.9 Å². The number of benzene rings is 1. The lowest BCUT2D eigenvalue weighted by Gasteiger charge is -2.45. The van der Waals surface area contributed by atoms with Gasteiger partial charge in [0.25, 0.3) is 0 Å². The lowest BCUT2D eigenvalue weighted by Crippen LogP contribution is -2.49. The maximum Gasteiger partial charge on any atom is 0.0106 e. The number of rotatable bonds is 8. The Morgan fingerprint density at radius 1 is 1.00 bits per heavy atom. The minimum absolute atomic E-state index is 0.424. The maximum absolute atomic E-state index is 2.64. The zero-order valence-corrected chi connectivity index (χ0v) is 16.5. The van der Waals surface area contributed by atoms with Crippen LogP contribution in [0.15, 0.2) is 30.3 Å². The SMILES string of the molecule is CC(C)N1CCC(Cc2ccccc2)(CN(C)CCN(C)C)CC1. The molecule has 0 aliphatic carbocycles. The van der Waals surface area contributed by atoms with Crippen molar-refractivity contribution in [1.29, 1.82) is 0 Å². The van der Waals surface area contributed by atoms with E-state index in [4.69, 9.17) is 0 Å². The second kappa shape index (κ2) is 8.98. The first kappa shape index (κ1) is 19.4. The molecule has 1 aromatic rings. The van der Waals surface area contributed by atoms with E-state index in [2.05, 4.69) is 80.0 Å². The van der Waals surface area contributed by atoms with Crippen molar-refractivity contribution < 1.29 is 0 Å². The van der Waals surface area contributed by atoms with Crippen molar-refractivity contribution in [3.8, 4) is 0 Å². The summed E-state index contributed by atoms with van der Waals surface area (Å²) in [5.41, 5.74) is 1.92. The van der Waals surface area contributed by atoms with E-state index in [1.54, 1.807) is 0 Å². The molecule has 24 heavy (non-hydrogen) atoms.